The summed E-state index contributed by atoms with van der Waals surface area (Å²) in [5.41, 5.74) is 5.09. The molecule has 0 aliphatic carbocycles. The SMILES string of the molecule is N#CC[C@@H](N)c1ccc(C(F)(F)F)c(Cl)c1. The van der Waals surface area contributed by atoms with Crippen LogP contribution in [0.5, 0.6) is 0 Å². The second kappa shape index (κ2) is 4.73. The molecule has 0 saturated carbocycles. The summed E-state index contributed by atoms with van der Waals surface area (Å²) in [6, 6.07) is 4.47. The third-order valence-corrected chi connectivity index (χ3v) is 2.35. The molecule has 1 aromatic rings. The van der Waals surface area contributed by atoms with E-state index in [0.29, 0.717) is 5.56 Å². The van der Waals surface area contributed by atoms with Crippen LogP contribution in [0.25, 0.3) is 0 Å². The van der Waals surface area contributed by atoms with Crippen LogP contribution in [0.15, 0.2) is 18.2 Å². The molecule has 1 atom stereocenters. The van der Waals surface area contributed by atoms with Crippen molar-refractivity contribution in [2.45, 2.75) is 18.6 Å². The third-order valence-electron chi connectivity index (χ3n) is 2.04. The van der Waals surface area contributed by atoms with Crippen molar-refractivity contribution in [2.75, 3.05) is 0 Å². The molecule has 16 heavy (non-hydrogen) atoms. The van der Waals surface area contributed by atoms with Gasteiger partial charge < -0.3 is 5.73 Å². The maximum absolute atomic E-state index is 12.4. The summed E-state index contributed by atoms with van der Waals surface area (Å²) in [5, 5.41) is 8.00. The normalized spacial score (nSPS) is 13.2. The highest BCUT2D eigenvalue weighted by Gasteiger charge is 2.33. The fraction of sp³-hybridized carbons (Fsp3) is 0.300. The Bertz CT molecular complexity index is 423. The minimum absolute atomic E-state index is 0.0295. The van der Waals surface area contributed by atoms with E-state index in [2.05, 4.69) is 0 Å². The molecule has 86 valence electrons. The third kappa shape index (κ3) is 2.87. The Labute approximate surface area is 95.4 Å². The molecule has 0 aromatic heterocycles. The number of nitrogens with two attached hydrogens (primary N) is 1. The van der Waals surface area contributed by atoms with Crippen LogP contribution in [0.3, 0.4) is 0 Å². The first kappa shape index (κ1) is 12.8. The van der Waals surface area contributed by atoms with Crippen LogP contribution in [0.1, 0.15) is 23.6 Å². The Balaban J connectivity index is 3.05. The number of alkyl halides is 3. The van der Waals surface area contributed by atoms with E-state index in [1.165, 1.54) is 6.07 Å². The van der Waals surface area contributed by atoms with Crippen LogP contribution < -0.4 is 5.73 Å². The Morgan fingerprint density at radius 3 is 2.50 bits per heavy atom. The highest BCUT2D eigenvalue weighted by atomic mass is 35.5. The Morgan fingerprint density at radius 1 is 1.44 bits per heavy atom. The summed E-state index contributed by atoms with van der Waals surface area (Å²) in [5.74, 6) is 0. The second-order valence-electron chi connectivity index (χ2n) is 3.21. The van der Waals surface area contributed by atoms with Crippen molar-refractivity contribution in [3.63, 3.8) is 0 Å². The van der Waals surface area contributed by atoms with Crippen molar-refractivity contribution in [3.8, 4) is 6.07 Å². The van der Waals surface area contributed by atoms with Crippen LogP contribution in [-0.2, 0) is 6.18 Å². The molecule has 1 rings (SSSR count). The number of rotatable bonds is 2. The minimum atomic E-state index is -4.48. The molecule has 0 heterocycles. The number of hydrogen-bond acceptors (Lipinski definition) is 2. The van der Waals surface area contributed by atoms with Gasteiger partial charge in [-0.25, -0.2) is 0 Å². The molecule has 2 N–H and O–H groups in total. The zero-order chi connectivity index (χ0) is 12.3. The van der Waals surface area contributed by atoms with E-state index in [4.69, 9.17) is 22.6 Å². The molecule has 1 aromatic carbocycles. The van der Waals surface area contributed by atoms with Gasteiger partial charge in [-0.1, -0.05) is 17.7 Å². The van der Waals surface area contributed by atoms with Crippen molar-refractivity contribution >= 4 is 11.6 Å². The standard InChI is InChI=1S/C10H8ClF3N2/c11-8-5-6(9(16)3-4-15)1-2-7(8)10(12,13)14/h1-2,5,9H,3,16H2/t9-/m1/s1. The second-order valence-corrected chi connectivity index (χ2v) is 3.61. The predicted octanol–water partition coefficient (Wildman–Crippen LogP) is 3.27. The van der Waals surface area contributed by atoms with Gasteiger partial charge in [0.25, 0.3) is 0 Å². The highest BCUT2D eigenvalue weighted by Crippen LogP contribution is 2.35. The molecule has 0 bridgehead atoms. The van der Waals surface area contributed by atoms with Crippen molar-refractivity contribution in [2.24, 2.45) is 5.73 Å². The topological polar surface area (TPSA) is 49.8 Å². The highest BCUT2D eigenvalue weighted by molar-refractivity contribution is 6.31. The molecule has 0 aliphatic rings. The van der Waals surface area contributed by atoms with Gasteiger partial charge in [0, 0.05) is 6.04 Å². The molecule has 0 aliphatic heterocycles. The number of benzene rings is 1. The molecular formula is C10H8ClF3N2. The molecule has 0 radical (unpaired) electrons. The van der Waals surface area contributed by atoms with Gasteiger partial charge in [0.2, 0.25) is 0 Å². The van der Waals surface area contributed by atoms with E-state index in [1.807, 2.05) is 6.07 Å². The maximum Gasteiger partial charge on any atom is 0.417 e. The van der Waals surface area contributed by atoms with Gasteiger partial charge in [-0.3, -0.25) is 0 Å². The van der Waals surface area contributed by atoms with Crippen LogP contribution >= 0.6 is 11.6 Å². The lowest BCUT2D eigenvalue weighted by Gasteiger charge is -2.12. The van der Waals surface area contributed by atoms with E-state index in [1.54, 1.807) is 0 Å². The summed E-state index contributed by atoms with van der Waals surface area (Å²) in [6.45, 7) is 0. The van der Waals surface area contributed by atoms with Crippen LogP contribution in [-0.4, -0.2) is 0 Å². The van der Waals surface area contributed by atoms with Gasteiger partial charge in [0.15, 0.2) is 0 Å². The first-order chi connectivity index (χ1) is 7.36. The van der Waals surface area contributed by atoms with Gasteiger partial charge in [-0.15, -0.1) is 0 Å². The monoisotopic (exact) mass is 248 g/mol. The molecule has 0 saturated heterocycles. The zero-order valence-electron chi connectivity index (χ0n) is 8.05. The number of nitriles is 1. The number of halogens is 4. The fourth-order valence-corrected chi connectivity index (χ4v) is 1.50. The number of hydrogen-bond donors (Lipinski definition) is 1. The van der Waals surface area contributed by atoms with E-state index in [-0.39, 0.29) is 6.42 Å². The molecule has 6 heteroatoms. The smallest absolute Gasteiger partial charge is 0.323 e. The first-order valence-electron chi connectivity index (χ1n) is 4.35. The van der Waals surface area contributed by atoms with E-state index in [0.717, 1.165) is 12.1 Å². The van der Waals surface area contributed by atoms with Crippen molar-refractivity contribution in [1.82, 2.24) is 0 Å². The summed E-state index contributed by atoms with van der Waals surface area (Å²) in [7, 11) is 0. The Kier molecular flexibility index (Phi) is 3.79. The minimum Gasteiger partial charge on any atom is -0.323 e. The van der Waals surface area contributed by atoms with Crippen molar-refractivity contribution < 1.29 is 13.2 Å². The largest absolute Gasteiger partial charge is 0.417 e. The lowest BCUT2D eigenvalue weighted by molar-refractivity contribution is -0.137. The summed E-state index contributed by atoms with van der Waals surface area (Å²) >= 11 is 5.50. The van der Waals surface area contributed by atoms with Crippen LogP contribution in [0, 0.1) is 11.3 Å². The van der Waals surface area contributed by atoms with E-state index >= 15 is 0 Å². The molecule has 2 nitrogen and oxygen atoms in total. The average Bonchev–Trinajstić information content (AvgIpc) is 2.16. The van der Waals surface area contributed by atoms with Gasteiger partial charge in [0.05, 0.1) is 23.1 Å². The molecular weight excluding hydrogens is 241 g/mol. The van der Waals surface area contributed by atoms with E-state index < -0.39 is 22.8 Å². The van der Waals surface area contributed by atoms with Gasteiger partial charge >= 0.3 is 6.18 Å². The van der Waals surface area contributed by atoms with Crippen LogP contribution in [0.2, 0.25) is 5.02 Å². The molecule has 0 unspecified atom stereocenters. The van der Waals surface area contributed by atoms with Gasteiger partial charge in [-0.2, -0.15) is 18.4 Å². The first-order valence-corrected chi connectivity index (χ1v) is 4.73. The summed E-state index contributed by atoms with van der Waals surface area (Å²) in [4.78, 5) is 0. The Morgan fingerprint density at radius 2 is 2.06 bits per heavy atom. The van der Waals surface area contributed by atoms with Crippen molar-refractivity contribution in [3.05, 3.63) is 34.3 Å². The van der Waals surface area contributed by atoms with Crippen LogP contribution in [0.4, 0.5) is 13.2 Å². The van der Waals surface area contributed by atoms with Gasteiger partial charge in [0.1, 0.15) is 0 Å². The summed E-state index contributed by atoms with van der Waals surface area (Å²) < 4.78 is 37.1. The number of nitrogens with zero attached hydrogens (tertiary/aromatic N) is 1. The lowest BCUT2D eigenvalue weighted by Crippen LogP contribution is -2.11. The van der Waals surface area contributed by atoms with Crippen molar-refractivity contribution in [1.29, 1.82) is 5.26 Å². The molecule has 0 spiro atoms. The Hall–Kier alpha value is -1.25. The quantitative estimate of drug-likeness (QED) is 0.873. The molecule has 0 amide bonds. The van der Waals surface area contributed by atoms with E-state index in [9.17, 15) is 13.2 Å². The molecule has 0 fully saturated rings. The predicted molar refractivity (Wildman–Crippen MR) is 53.6 cm³/mol. The van der Waals surface area contributed by atoms with Gasteiger partial charge in [-0.05, 0) is 17.7 Å². The average molecular weight is 249 g/mol. The fourth-order valence-electron chi connectivity index (χ4n) is 1.21. The zero-order valence-corrected chi connectivity index (χ0v) is 8.81. The lowest BCUT2D eigenvalue weighted by atomic mass is 10.0. The summed E-state index contributed by atoms with van der Waals surface area (Å²) in [6.07, 6.45) is -4.45. The maximum atomic E-state index is 12.4.